The van der Waals surface area contributed by atoms with Crippen LogP contribution in [0.4, 0.5) is 5.69 Å². The van der Waals surface area contributed by atoms with Gasteiger partial charge in [-0.3, -0.25) is 9.59 Å². The van der Waals surface area contributed by atoms with E-state index in [1.54, 1.807) is 17.2 Å². The van der Waals surface area contributed by atoms with Crippen molar-refractivity contribution in [2.75, 3.05) is 25.9 Å². The van der Waals surface area contributed by atoms with Gasteiger partial charge in [0.2, 0.25) is 0 Å². The van der Waals surface area contributed by atoms with Gasteiger partial charge in [-0.2, -0.15) is 0 Å². The summed E-state index contributed by atoms with van der Waals surface area (Å²) < 4.78 is 6.69. The minimum Gasteiger partial charge on any atom is -0.469 e. The molecule has 6 heteroatoms. The number of nitrogens with zero attached hydrogens (tertiary/aromatic N) is 2. The number of hydrogen-bond donors (Lipinski definition) is 1. The van der Waals surface area contributed by atoms with E-state index in [2.05, 4.69) is 6.92 Å². The van der Waals surface area contributed by atoms with Crippen LogP contribution in [-0.4, -0.2) is 41.5 Å². The van der Waals surface area contributed by atoms with Gasteiger partial charge in [-0.25, -0.2) is 0 Å². The van der Waals surface area contributed by atoms with Crippen molar-refractivity contribution in [3.8, 4) is 0 Å². The maximum absolute atomic E-state index is 12.7. The predicted octanol–water partition coefficient (Wildman–Crippen LogP) is 1.36. The number of hydrogen-bond acceptors (Lipinski definition) is 4. The summed E-state index contributed by atoms with van der Waals surface area (Å²) >= 11 is 0. The Morgan fingerprint density at radius 2 is 2.14 bits per heavy atom. The van der Waals surface area contributed by atoms with E-state index < -0.39 is 0 Å². The average molecular weight is 293 g/mol. The third kappa shape index (κ3) is 3.04. The molecule has 1 aromatic rings. The van der Waals surface area contributed by atoms with Crippen LogP contribution in [0.2, 0.25) is 0 Å². The number of nitrogen functional groups attached to an aromatic ring is 1. The number of methoxy groups -OCH3 is 1. The van der Waals surface area contributed by atoms with Crippen molar-refractivity contribution in [3.63, 3.8) is 0 Å². The van der Waals surface area contributed by atoms with E-state index in [0.717, 1.165) is 13.0 Å². The Hall–Kier alpha value is -1.98. The van der Waals surface area contributed by atoms with Gasteiger partial charge in [-0.15, -0.1) is 0 Å². The molecular formula is C15H23N3O3. The topological polar surface area (TPSA) is 77.6 Å². The van der Waals surface area contributed by atoms with E-state index in [4.69, 9.17) is 10.5 Å². The van der Waals surface area contributed by atoms with Crippen molar-refractivity contribution in [2.24, 2.45) is 11.8 Å². The molecule has 2 N–H and O–H groups in total. The second kappa shape index (κ2) is 6.20. The molecule has 1 fully saturated rings. The highest BCUT2D eigenvalue weighted by Crippen LogP contribution is 2.26. The van der Waals surface area contributed by atoms with Crippen LogP contribution in [0.15, 0.2) is 12.3 Å². The van der Waals surface area contributed by atoms with Crippen LogP contribution in [0.25, 0.3) is 0 Å². The van der Waals surface area contributed by atoms with Crippen LogP contribution in [0, 0.1) is 11.8 Å². The number of amides is 1. The van der Waals surface area contributed by atoms with E-state index in [9.17, 15) is 9.59 Å². The molecule has 2 unspecified atom stereocenters. The van der Waals surface area contributed by atoms with Crippen molar-refractivity contribution < 1.29 is 14.3 Å². The van der Waals surface area contributed by atoms with Crippen molar-refractivity contribution in [1.29, 1.82) is 0 Å². The Labute approximate surface area is 124 Å². The summed E-state index contributed by atoms with van der Waals surface area (Å²) in [6.45, 7) is 5.74. The number of aromatic nitrogens is 1. The number of rotatable bonds is 4. The second-order valence-electron chi connectivity index (χ2n) is 5.67. The second-order valence-corrected chi connectivity index (χ2v) is 5.67. The van der Waals surface area contributed by atoms with Crippen molar-refractivity contribution in [1.82, 2.24) is 9.47 Å². The first kappa shape index (κ1) is 15.4. The Morgan fingerprint density at radius 1 is 1.43 bits per heavy atom. The van der Waals surface area contributed by atoms with Gasteiger partial charge in [0.1, 0.15) is 5.69 Å². The van der Waals surface area contributed by atoms with Crippen molar-refractivity contribution in [2.45, 2.75) is 26.8 Å². The fraction of sp³-hybridized carbons (Fsp3) is 0.600. The third-order valence-electron chi connectivity index (χ3n) is 4.00. The predicted molar refractivity (Wildman–Crippen MR) is 79.7 cm³/mol. The molecule has 1 aromatic heterocycles. The summed E-state index contributed by atoms with van der Waals surface area (Å²) in [7, 11) is 1.38. The molecule has 0 saturated carbocycles. The highest BCUT2D eigenvalue weighted by atomic mass is 16.5. The molecule has 1 aliphatic rings. The molecule has 116 valence electrons. The largest absolute Gasteiger partial charge is 0.469 e. The van der Waals surface area contributed by atoms with Crippen molar-refractivity contribution in [3.05, 3.63) is 18.0 Å². The minimum atomic E-state index is -0.249. The Kier molecular flexibility index (Phi) is 4.55. The van der Waals surface area contributed by atoms with E-state index in [1.807, 2.05) is 11.5 Å². The SMILES string of the molecule is CCCn1cc(N)cc1C(=O)N1CC(C)C(C(=O)OC)C1. The highest BCUT2D eigenvalue weighted by Gasteiger charge is 2.38. The molecule has 0 radical (unpaired) electrons. The Bertz CT molecular complexity index is 538. The van der Waals surface area contributed by atoms with Crippen LogP contribution in [0.5, 0.6) is 0 Å². The van der Waals surface area contributed by atoms with E-state index >= 15 is 0 Å². The van der Waals surface area contributed by atoms with Gasteiger partial charge in [-0.1, -0.05) is 13.8 Å². The standard InChI is InChI=1S/C15H23N3O3/c1-4-5-17-8-11(16)6-13(17)14(19)18-7-10(2)12(9-18)15(20)21-3/h6,8,10,12H,4-5,7,9,16H2,1-3H3. The zero-order valence-corrected chi connectivity index (χ0v) is 12.8. The zero-order valence-electron chi connectivity index (χ0n) is 12.8. The van der Waals surface area contributed by atoms with Gasteiger partial charge in [0.25, 0.3) is 5.91 Å². The van der Waals surface area contributed by atoms with Crippen LogP contribution < -0.4 is 5.73 Å². The van der Waals surface area contributed by atoms with Gasteiger partial charge >= 0.3 is 5.97 Å². The summed E-state index contributed by atoms with van der Waals surface area (Å²) in [5.41, 5.74) is 6.98. The minimum absolute atomic E-state index is 0.0709. The fourth-order valence-electron chi connectivity index (χ4n) is 2.89. The van der Waals surface area contributed by atoms with Gasteiger partial charge in [0, 0.05) is 25.8 Å². The van der Waals surface area contributed by atoms with Gasteiger partial charge < -0.3 is 19.9 Å². The maximum atomic E-state index is 12.7. The lowest BCUT2D eigenvalue weighted by atomic mass is 9.99. The smallest absolute Gasteiger partial charge is 0.310 e. The summed E-state index contributed by atoms with van der Waals surface area (Å²) in [5.74, 6) is -0.459. The number of aryl methyl sites for hydroxylation is 1. The summed E-state index contributed by atoms with van der Waals surface area (Å²) in [5, 5.41) is 0. The Morgan fingerprint density at radius 3 is 2.76 bits per heavy atom. The number of likely N-dealkylation sites (tertiary alicyclic amines) is 1. The van der Waals surface area contributed by atoms with Gasteiger partial charge in [-0.05, 0) is 18.4 Å². The fourth-order valence-corrected chi connectivity index (χ4v) is 2.89. The zero-order chi connectivity index (χ0) is 15.6. The molecule has 6 nitrogen and oxygen atoms in total. The molecule has 0 spiro atoms. The number of nitrogens with two attached hydrogens (primary N) is 1. The first-order chi connectivity index (χ1) is 9.97. The lowest BCUT2D eigenvalue weighted by Gasteiger charge is -2.17. The van der Waals surface area contributed by atoms with Gasteiger partial charge in [0.15, 0.2) is 0 Å². The normalized spacial score (nSPS) is 21.6. The lowest BCUT2D eigenvalue weighted by molar-refractivity contribution is -0.146. The number of carbonyl (C=O) groups is 2. The maximum Gasteiger partial charge on any atom is 0.310 e. The summed E-state index contributed by atoms with van der Waals surface area (Å²) in [4.78, 5) is 26.1. The number of ether oxygens (including phenoxy) is 1. The van der Waals surface area contributed by atoms with Crippen LogP contribution >= 0.6 is 0 Å². The number of carbonyl (C=O) groups excluding carboxylic acids is 2. The molecule has 1 saturated heterocycles. The molecule has 1 amide bonds. The molecule has 2 atom stereocenters. The molecule has 21 heavy (non-hydrogen) atoms. The molecule has 0 bridgehead atoms. The molecule has 2 rings (SSSR count). The van der Waals surface area contributed by atoms with Gasteiger partial charge in [0.05, 0.1) is 18.7 Å². The van der Waals surface area contributed by atoms with E-state index in [0.29, 0.717) is 24.5 Å². The molecule has 1 aliphatic heterocycles. The summed E-state index contributed by atoms with van der Waals surface area (Å²) in [6, 6.07) is 1.70. The number of anilines is 1. The van der Waals surface area contributed by atoms with Crippen LogP contribution in [0.1, 0.15) is 30.8 Å². The summed E-state index contributed by atoms with van der Waals surface area (Å²) in [6.07, 6.45) is 2.71. The first-order valence-corrected chi connectivity index (χ1v) is 7.30. The molecule has 0 aromatic carbocycles. The quantitative estimate of drug-likeness (QED) is 0.850. The first-order valence-electron chi connectivity index (χ1n) is 7.30. The third-order valence-corrected chi connectivity index (χ3v) is 4.00. The van der Waals surface area contributed by atoms with E-state index in [1.165, 1.54) is 7.11 Å². The van der Waals surface area contributed by atoms with Crippen molar-refractivity contribution >= 4 is 17.6 Å². The number of esters is 1. The molecule has 0 aliphatic carbocycles. The lowest BCUT2D eigenvalue weighted by Crippen LogP contribution is -2.31. The van der Waals surface area contributed by atoms with E-state index in [-0.39, 0.29) is 23.7 Å². The Balaban J connectivity index is 2.16. The molecular weight excluding hydrogens is 270 g/mol. The van der Waals surface area contributed by atoms with Crippen LogP contribution in [-0.2, 0) is 16.1 Å². The molecule has 2 heterocycles. The highest BCUT2D eigenvalue weighted by molar-refractivity contribution is 5.94. The monoisotopic (exact) mass is 293 g/mol. The average Bonchev–Trinajstić information content (AvgIpc) is 3.01. The van der Waals surface area contributed by atoms with Crippen LogP contribution in [0.3, 0.4) is 0 Å².